The lowest BCUT2D eigenvalue weighted by atomic mass is 10.1. The first-order valence-corrected chi connectivity index (χ1v) is 7.85. The van der Waals surface area contributed by atoms with Gasteiger partial charge in [0.1, 0.15) is 17.2 Å². The molecule has 1 saturated heterocycles. The SMILES string of the molecule is Cc1ncnc(NC2CCN(c3ncc(Cl)cn3)CC2)c1Cl. The summed E-state index contributed by atoms with van der Waals surface area (Å²) in [4.78, 5) is 19.0. The summed E-state index contributed by atoms with van der Waals surface area (Å²) in [5.41, 5.74) is 0.783. The number of hydrogen-bond donors (Lipinski definition) is 1. The van der Waals surface area contributed by atoms with Crippen molar-refractivity contribution < 1.29 is 0 Å². The molecule has 0 saturated carbocycles. The van der Waals surface area contributed by atoms with Crippen molar-refractivity contribution in [2.24, 2.45) is 0 Å². The minimum atomic E-state index is 0.329. The zero-order valence-electron chi connectivity index (χ0n) is 12.1. The predicted molar refractivity (Wildman–Crippen MR) is 87.7 cm³/mol. The normalized spacial score (nSPS) is 15.9. The van der Waals surface area contributed by atoms with Gasteiger partial charge in [0.05, 0.1) is 23.1 Å². The fraction of sp³-hybridized carbons (Fsp3) is 0.429. The molecule has 3 rings (SSSR count). The fourth-order valence-electron chi connectivity index (χ4n) is 2.44. The molecule has 0 bridgehead atoms. The summed E-state index contributed by atoms with van der Waals surface area (Å²) in [6.45, 7) is 3.62. The average molecular weight is 339 g/mol. The summed E-state index contributed by atoms with van der Waals surface area (Å²) in [6, 6.07) is 0.329. The maximum absolute atomic E-state index is 6.22. The van der Waals surface area contributed by atoms with Crippen molar-refractivity contribution in [3.8, 4) is 0 Å². The number of nitrogens with zero attached hydrogens (tertiary/aromatic N) is 5. The van der Waals surface area contributed by atoms with E-state index in [1.807, 2.05) is 6.92 Å². The Morgan fingerprint density at radius 3 is 2.45 bits per heavy atom. The molecule has 2 aromatic rings. The van der Waals surface area contributed by atoms with Gasteiger partial charge in [-0.15, -0.1) is 0 Å². The van der Waals surface area contributed by atoms with Gasteiger partial charge in [-0.3, -0.25) is 0 Å². The second-order valence-corrected chi connectivity index (χ2v) is 6.04. The van der Waals surface area contributed by atoms with Crippen LogP contribution in [0.1, 0.15) is 18.5 Å². The Hall–Kier alpha value is -1.66. The molecular formula is C14H16Cl2N6. The van der Waals surface area contributed by atoms with Gasteiger partial charge >= 0.3 is 0 Å². The third-order valence-electron chi connectivity index (χ3n) is 3.69. The van der Waals surface area contributed by atoms with E-state index in [4.69, 9.17) is 23.2 Å². The van der Waals surface area contributed by atoms with Gasteiger partial charge in [0, 0.05) is 19.1 Å². The summed E-state index contributed by atoms with van der Waals surface area (Å²) in [5.74, 6) is 1.43. The van der Waals surface area contributed by atoms with E-state index in [1.165, 1.54) is 6.33 Å². The van der Waals surface area contributed by atoms with E-state index in [9.17, 15) is 0 Å². The van der Waals surface area contributed by atoms with Crippen LogP contribution in [0.2, 0.25) is 10.0 Å². The van der Waals surface area contributed by atoms with Gasteiger partial charge in [0.15, 0.2) is 0 Å². The van der Waals surface area contributed by atoms with Crippen molar-refractivity contribution in [3.05, 3.63) is 34.5 Å². The molecule has 22 heavy (non-hydrogen) atoms. The molecule has 0 atom stereocenters. The quantitative estimate of drug-likeness (QED) is 0.927. The van der Waals surface area contributed by atoms with Crippen LogP contribution in [0.3, 0.4) is 0 Å². The number of aryl methyl sites for hydroxylation is 1. The van der Waals surface area contributed by atoms with Gasteiger partial charge < -0.3 is 10.2 Å². The molecule has 6 nitrogen and oxygen atoms in total. The topological polar surface area (TPSA) is 66.8 Å². The minimum absolute atomic E-state index is 0.329. The first-order chi connectivity index (χ1) is 10.6. The van der Waals surface area contributed by atoms with Crippen LogP contribution in [0.15, 0.2) is 18.7 Å². The average Bonchev–Trinajstić information content (AvgIpc) is 2.53. The highest BCUT2D eigenvalue weighted by Crippen LogP contribution is 2.24. The van der Waals surface area contributed by atoms with E-state index >= 15 is 0 Å². The van der Waals surface area contributed by atoms with Gasteiger partial charge in [0.25, 0.3) is 0 Å². The number of nitrogens with one attached hydrogen (secondary N) is 1. The van der Waals surface area contributed by atoms with Gasteiger partial charge in [-0.1, -0.05) is 23.2 Å². The Labute approximate surface area is 138 Å². The van der Waals surface area contributed by atoms with Gasteiger partial charge in [-0.05, 0) is 19.8 Å². The molecule has 0 aliphatic carbocycles. The standard InChI is InChI=1S/C14H16Cl2N6/c1-9-12(16)13(20-8-19-9)21-11-2-4-22(5-3-11)14-17-6-10(15)7-18-14/h6-8,11H,2-5H2,1H3,(H,19,20,21). The molecule has 8 heteroatoms. The maximum atomic E-state index is 6.22. The Morgan fingerprint density at radius 1 is 1.09 bits per heavy atom. The maximum Gasteiger partial charge on any atom is 0.225 e. The summed E-state index contributed by atoms with van der Waals surface area (Å²) < 4.78 is 0. The number of aromatic nitrogens is 4. The molecule has 1 aliphatic heterocycles. The monoisotopic (exact) mass is 338 g/mol. The number of anilines is 2. The third-order valence-corrected chi connectivity index (χ3v) is 4.34. The van der Waals surface area contributed by atoms with Crippen LogP contribution in [0.25, 0.3) is 0 Å². The van der Waals surface area contributed by atoms with E-state index in [0.29, 0.717) is 21.9 Å². The molecule has 0 unspecified atom stereocenters. The van der Waals surface area contributed by atoms with Gasteiger partial charge in [-0.2, -0.15) is 0 Å². The largest absolute Gasteiger partial charge is 0.366 e. The van der Waals surface area contributed by atoms with Crippen LogP contribution in [-0.2, 0) is 0 Å². The summed E-state index contributed by atoms with van der Waals surface area (Å²) in [5, 5.41) is 4.54. The lowest BCUT2D eigenvalue weighted by Crippen LogP contribution is -2.40. The predicted octanol–water partition coefficient (Wildman–Crippen LogP) is 2.96. The number of halogens is 2. The van der Waals surface area contributed by atoms with Crippen LogP contribution in [0.4, 0.5) is 11.8 Å². The second-order valence-electron chi connectivity index (χ2n) is 5.23. The zero-order valence-corrected chi connectivity index (χ0v) is 13.6. The van der Waals surface area contributed by atoms with Crippen molar-refractivity contribution in [1.29, 1.82) is 0 Å². The highest BCUT2D eigenvalue weighted by atomic mass is 35.5. The first kappa shape index (κ1) is 15.2. The highest BCUT2D eigenvalue weighted by Gasteiger charge is 2.22. The molecule has 0 amide bonds. The zero-order chi connectivity index (χ0) is 15.5. The number of hydrogen-bond acceptors (Lipinski definition) is 6. The van der Waals surface area contributed by atoms with Crippen molar-refractivity contribution in [1.82, 2.24) is 19.9 Å². The molecule has 0 radical (unpaired) electrons. The smallest absolute Gasteiger partial charge is 0.225 e. The van der Waals surface area contributed by atoms with Crippen molar-refractivity contribution in [3.63, 3.8) is 0 Å². The van der Waals surface area contributed by atoms with Crippen LogP contribution in [0.5, 0.6) is 0 Å². The van der Waals surface area contributed by atoms with Gasteiger partial charge in [-0.25, -0.2) is 19.9 Å². The molecule has 116 valence electrons. The molecular weight excluding hydrogens is 323 g/mol. The van der Waals surface area contributed by atoms with Crippen molar-refractivity contribution in [2.75, 3.05) is 23.3 Å². The molecule has 1 fully saturated rings. The summed E-state index contributed by atoms with van der Waals surface area (Å²) in [6.07, 6.45) is 6.70. The Balaban J connectivity index is 1.60. The Morgan fingerprint density at radius 2 is 1.77 bits per heavy atom. The highest BCUT2D eigenvalue weighted by molar-refractivity contribution is 6.33. The fourth-order valence-corrected chi connectivity index (χ4v) is 2.69. The number of rotatable bonds is 3. The Bertz CT molecular complexity index is 640. The van der Waals surface area contributed by atoms with Gasteiger partial charge in [0.2, 0.25) is 5.95 Å². The van der Waals surface area contributed by atoms with E-state index in [-0.39, 0.29) is 0 Å². The molecule has 1 aliphatic rings. The first-order valence-electron chi connectivity index (χ1n) is 7.09. The summed E-state index contributed by atoms with van der Waals surface area (Å²) in [7, 11) is 0. The van der Waals surface area contributed by atoms with Crippen LogP contribution in [0, 0.1) is 6.92 Å². The number of piperidine rings is 1. The van der Waals surface area contributed by atoms with E-state index in [2.05, 4.69) is 30.2 Å². The lowest BCUT2D eigenvalue weighted by Gasteiger charge is -2.32. The van der Waals surface area contributed by atoms with E-state index < -0.39 is 0 Å². The third kappa shape index (κ3) is 3.39. The minimum Gasteiger partial charge on any atom is -0.366 e. The lowest BCUT2D eigenvalue weighted by molar-refractivity contribution is 0.518. The molecule has 2 aromatic heterocycles. The van der Waals surface area contributed by atoms with Crippen LogP contribution < -0.4 is 10.2 Å². The van der Waals surface area contributed by atoms with Crippen molar-refractivity contribution >= 4 is 35.0 Å². The second kappa shape index (κ2) is 6.62. The van der Waals surface area contributed by atoms with Crippen LogP contribution in [-0.4, -0.2) is 39.1 Å². The molecule has 0 spiro atoms. The van der Waals surface area contributed by atoms with Crippen LogP contribution >= 0.6 is 23.2 Å². The van der Waals surface area contributed by atoms with E-state index in [0.717, 1.165) is 37.6 Å². The van der Waals surface area contributed by atoms with Crippen molar-refractivity contribution in [2.45, 2.75) is 25.8 Å². The van der Waals surface area contributed by atoms with E-state index in [1.54, 1.807) is 12.4 Å². The molecule has 1 N–H and O–H groups in total. The molecule has 3 heterocycles. The summed E-state index contributed by atoms with van der Waals surface area (Å²) >= 11 is 12.0. The Kier molecular flexibility index (Phi) is 4.59. The molecule has 0 aromatic carbocycles.